The SMILES string of the molecule is Cc1cc(Br)c(NCc2cncn2C2CC2)cc1Cl. The molecule has 1 aliphatic rings. The molecule has 0 radical (unpaired) electrons. The van der Waals surface area contributed by atoms with E-state index in [0.717, 1.165) is 27.3 Å². The van der Waals surface area contributed by atoms with Gasteiger partial charge in [-0.1, -0.05) is 11.6 Å². The Hall–Kier alpha value is -1.00. The van der Waals surface area contributed by atoms with Crippen LogP contribution in [0.4, 0.5) is 5.69 Å². The first kappa shape index (κ1) is 13.0. The van der Waals surface area contributed by atoms with Crippen molar-refractivity contribution >= 4 is 33.2 Å². The lowest BCUT2D eigenvalue weighted by Gasteiger charge is -2.12. The average Bonchev–Trinajstić information content (AvgIpc) is 3.12. The van der Waals surface area contributed by atoms with Gasteiger partial charge in [0.1, 0.15) is 0 Å². The molecule has 0 saturated heterocycles. The van der Waals surface area contributed by atoms with Gasteiger partial charge in [-0.15, -0.1) is 0 Å². The van der Waals surface area contributed by atoms with Crippen molar-refractivity contribution in [1.82, 2.24) is 9.55 Å². The van der Waals surface area contributed by atoms with Gasteiger partial charge in [0.25, 0.3) is 0 Å². The smallest absolute Gasteiger partial charge is 0.0951 e. The fourth-order valence-electron chi connectivity index (χ4n) is 2.12. The second-order valence-corrected chi connectivity index (χ2v) is 6.22. The van der Waals surface area contributed by atoms with Gasteiger partial charge in [-0.3, -0.25) is 0 Å². The Kier molecular flexibility index (Phi) is 3.54. The van der Waals surface area contributed by atoms with Crippen LogP contribution >= 0.6 is 27.5 Å². The molecule has 0 aliphatic heterocycles. The van der Waals surface area contributed by atoms with E-state index in [1.165, 1.54) is 18.5 Å². The van der Waals surface area contributed by atoms with Crippen LogP contribution in [0.3, 0.4) is 0 Å². The molecule has 0 atom stereocenters. The highest BCUT2D eigenvalue weighted by atomic mass is 79.9. The van der Waals surface area contributed by atoms with Gasteiger partial charge < -0.3 is 9.88 Å². The van der Waals surface area contributed by atoms with E-state index in [-0.39, 0.29) is 0 Å². The molecule has 0 unspecified atom stereocenters. The lowest BCUT2D eigenvalue weighted by atomic mass is 10.2. The van der Waals surface area contributed by atoms with Crippen LogP contribution in [-0.2, 0) is 6.54 Å². The summed E-state index contributed by atoms with van der Waals surface area (Å²) in [6, 6.07) is 4.64. The quantitative estimate of drug-likeness (QED) is 0.884. The molecular weight excluding hydrogens is 326 g/mol. The van der Waals surface area contributed by atoms with E-state index in [2.05, 4.69) is 30.8 Å². The van der Waals surface area contributed by atoms with Crippen molar-refractivity contribution in [1.29, 1.82) is 0 Å². The summed E-state index contributed by atoms with van der Waals surface area (Å²) >= 11 is 9.72. The normalized spacial score (nSPS) is 14.7. The topological polar surface area (TPSA) is 29.9 Å². The number of nitrogens with one attached hydrogen (secondary N) is 1. The van der Waals surface area contributed by atoms with E-state index in [1.807, 2.05) is 31.6 Å². The van der Waals surface area contributed by atoms with Gasteiger partial charge in [-0.05, 0) is 53.4 Å². The Bertz CT molecular complexity index is 605. The molecule has 1 fully saturated rings. The molecular formula is C14H15BrClN3. The van der Waals surface area contributed by atoms with Crippen LogP contribution in [0.2, 0.25) is 5.02 Å². The standard InChI is InChI=1S/C14H15BrClN3/c1-9-4-12(15)14(5-13(9)16)18-7-11-6-17-8-19(11)10-2-3-10/h4-6,8,10,18H,2-3,7H2,1H3. The van der Waals surface area contributed by atoms with Crippen molar-refractivity contribution in [3.05, 3.63) is 45.4 Å². The second-order valence-electron chi connectivity index (χ2n) is 4.96. The van der Waals surface area contributed by atoms with E-state index in [0.29, 0.717) is 6.04 Å². The Morgan fingerprint density at radius 2 is 2.26 bits per heavy atom. The Balaban J connectivity index is 1.75. The Morgan fingerprint density at radius 1 is 1.47 bits per heavy atom. The molecule has 0 amide bonds. The van der Waals surface area contributed by atoms with Crippen molar-refractivity contribution in [3.8, 4) is 0 Å². The number of aromatic nitrogens is 2. The zero-order valence-corrected chi connectivity index (χ0v) is 13.0. The number of benzene rings is 1. The monoisotopic (exact) mass is 339 g/mol. The molecule has 5 heteroatoms. The van der Waals surface area contributed by atoms with Crippen molar-refractivity contribution in [2.24, 2.45) is 0 Å². The average molecular weight is 341 g/mol. The van der Waals surface area contributed by atoms with Gasteiger partial charge in [0.2, 0.25) is 0 Å². The predicted molar refractivity (Wildman–Crippen MR) is 81.7 cm³/mol. The number of hydrogen-bond acceptors (Lipinski definition) is 2. The molecule has 19 heavy (non-hydrogen) atoms. The van der Waals surface area contributed by atoms with Crippen LogP contribution in [0.25, 0.3) is 0 Å². The number of rotatable bonds is 4. The van der Waals surface area contributed by atoms with Gasteiger partial charge in [0.05, 0.1) is 24.3 Å². The highest BCUT2D eigenvalue weighted by Crippen LogP contribution is 2.36. The van der Waals surface area contributed by atoms with Gasteiger partial charge in [0.15, 0.2) is 0 Å². The number of halogens is 2. The maximum atomic E-state index is 6.16. The fraction of sp³-hybridized carbons (Fsp3) is 0.357. The minimum absolute atomic E-state index is 0.657. The first-order chi connectivity index (χ1) is 9.15. The van der Waals surface area contributed by atoms with Crippen LogP contribution in [0, 0.1) is 6.92 Å². The van der Waals surface area contributed by atoms with Crippen molar-refractivity contribution in [3.63, 3.8) is 0 Å². The molecule has 1 aromatic heterocycles. The molecule has 3 nitrogen and oxygen atoms in total. The molecule has 1 aromatic carbocycles. The van der Waals surface area contributed by atoms with E-state index >= 15 is 0 Å². The van der Waals surface area contributed by atoms with E-state index in [4.69, 9.17) is 11.6 Å². The summed E-state index contributed by atoms with van der Waals surface area (Å²) in [4.78, 5) is 4.23. The fourth-order valence-corrected chi connectivity index (χ4v) is 2.88. The molecule has 0 spiro atoms. The van der Waals surface area contributed by atoms with Gasteiger partial charge in [-0.2, -0.15) is 0 Å². The summed E-state index contributed by atoms with van der Waals surface area (Å²) in [7, 11) is 0. The van der Waals surface area contributed by atoms with Gasteiger partial charge >= 0.3 is 0 Å². The van der Waals surface area contributed by atoms with Crippen LogP contribution in [0.5, 0.6) is 0 Å². The summed E-state index contributed by atoms with van der Waals surface area (Å²) in [5.74, 6) is 0. The summed E-state index contributed by atoms with van der Waals surface area (Å²) in [5.41, 5.74) is 3.30. The minimum Gasteiger partial charge on any atom is -0.378 e. The highest BCUT2D eigenvalue weighted by molar-refractivity contribution is 9.10. The largest absolute Gasteiger partial charge is 0.378 e. The molecule has 1 heterocycles. The molecule has 1 saturated carbocycles. The molecule has 1 aliphatic carbocycles. The summed E-state index contributed by atoms with van der Waals surface area (Å²) < 4.78 is 3.29. The maximum absolute atomic E-state index is 6.16. The minimum atomic E-state index is 0.657. The first-order valence-electron chi connectivity index (χ1n) is 6.35. The van der Waals surface area contributed by atoms with E-state index in [1.54, 1.807) is 0 Å². The lowest BCUT2D eigenvalue weighted by molar-refractivity contribution is 0.701. The van der Waals surface area contributed by atoms with Crippen molar-refractivity contribution in [2.75, 3.05) is 5.32 Å². The zero-order valence-electron chi connectivity index (χ0n) is 10.7. The third-order valence-corrected chi connectivity index (χ3v) is 4.46. The molecule has 1 N–H and O–H groups in total. The van der Waals surface area contributed by atoms with E-state index in [9.17, 15) is 0 Å². The van der Waals surface area contributed by atoms with Gasteiger partial charge in [-0.25, -0.2) is 4.98 Å². The Morgan fingerprint density at radius 3 is 3.00 bits per heavy atom. The number of imidazole rings is 1. The number of aryl methyl sites for hydroxylation is 1. The van der Waals surface area contributed by atoms with Crippen LogP contribution in [0.1, 0.15) is 30.1 Å². The van der Waals surface area contributed by atoms with E-state index < -0.39 is 0 Å². The predicted octanol–water partition coefficient (Wildman–Crippen LogP) is 4.55. The first-order valence-corrected chi connectivity index (χ1v) is 7.52. The third kappa shape index (κ3) is 2.79. The summed E-state index contributed by atoms with van der Waals surface area (Å²) in [6.07, 6.45) is 6.38. The van der Waals surface area contributed by atoms with Crippen LogP contribution in [0.15, 0.2) is 29.1 Å². The summed E-state index contributed by atoms with van der Waals surface area (Å²) in [6.45, 7) is 2.76. The van der Waals surface area contributed by atoms with Crippen LogP contribution < -0.4 is 5.32 Å². The third-order valence-electron chi connectivity index (χ3n) is 3.39. The number of hydrogen-bond donors (Lipinski definition) is 1. The molecule has 100 valence electrons. The maximum Gasteiger partial charge on any atom is 0.0951 e. The van der Waals surface area contributed by atoms with Crippen molar-refractivity contribution in [2.45, 2.75) is 32.4 Å². The molecule has 0 bridgehead atoms. The Labute approximate surface area is 126 Å². The summed E-state index contributed by atoms with van der Waals surface area (Å²) in [5, 5.41) is 4.19. The lowest BCUT2D eigenvalue weighted by Crippen LogP contribution is -2.06. The molecule has 2 aromatic rings. The van der Waals surface area contributed by atoms with Crippen LogP contribution in [-0.4, -0.2) is 9.55 Å². The van der Waals surface area contributed by atoms with Gasteiger partial charge in [0, 0.05) is 21.7 Å². The molecule has 3 rings (SSSR count). The number of anilines is 1. The zero-order chi connectivity index (χ0) is 13.4. The van der Waals surface area contributed by atoms with Crippen molar-refractivity contribution < 1.29 is 0 Å². The number of nitrogens with zero attached hydrogens (tertiary/aromatic N) is 2. The highest BCUT2D eigenvalue weighted by Gasteiger charge is 2.25. The second kappa shape index (κ2) is 5.17.